The molecular formula is C9H10O3S. The molecule has 0 bridgehead atoms. The van der Waals surface area contributed by atoms with Crippen LogP contribution in [0.25, 0.3) is 0 Å². The largest absolute Gasteiger partial charge is 0.469 e. The molecule has 70 valence electrons. The third kappa shape index (κ3) is 2.39. The third-order valence-electron chi connectivity index (χ3n) is 1.63. The highest BCUT2D eigenvalue weighted by atomic mass is 32.1. The zero-order valence-electron chi connectivity index (χ0n) is 7.49. The molecule has 1 heterocycles. The molecular weight excluding hydrogens is 188 g/mol. The summed E-state index contributed by atoms with van der Waals surface area (Å²) in [6.07, 6.45) is 0.176. The fourth-order valence-corrected chi connectivity index (χ4v) is 1.84. The molecule has 0 radical (unpaired) electrons. The molecule has 0 amide bonds. The van der Waals surface area contributed by atoms with Crippen LogP contribution >= 0.6 is 11.3 Å². The van der Waals surface area contributed by atoms with Gasteiger partial charge in [0.1, 0.15) is 0 Å². The standard InChI is InChI=1S/C9H10O3S/c1-6(10)9-7(3-4-13-9)5-8(11)12-2/h3-4H,5H2,1-2H3. The molecule has 0 atom stereocenters. The van der Waals surface area contributed by atoms with Crippen molar-refractivity contribution >= 4 is 23.1 Å². The molecule has 4 heteroatoms. The molecule has 1 aromatic heterocycles. The van der Waals surface area contributed by atoms with Crippen LogP contribution in [0.2, 0.25) is 0 Å². The predicted molar refractivity (Wildman–Crippen MR) is 50.0 cm³/mol. The molecule has 0 unspecified atom stereocenters. The minimum atomic E-state index is -0.319. The van der Waals surface area contributed by atoms with Gasteiger partial charge in [0.25, 0.3) is 0 Å². The average molecular weight is 198 g/mol. The molecule has 0 aromatic carbocycles. The maximum atomic E-state index is 11.1. The zero-order valence-corrected chi connectivity index (χ0v) is 8.31. The van der Waals surface area contributed by atoms with Crippen molar-refractivity contribution in [2.75, 3.05) is 7.11 Å². The lowest BCUT2D eigenvalue weighted by Gasteiger charge is -1.98. The third-order valence-corrected chi connectivity index (χ3v) is 2.69. The van der Waals surface area contributed by atoms with E-state index in [9.17, 15) is 9.59 Å². The molecule has 0 aliphatic carbocycles. The Labute approximate surface area is 80.3 Å². The van der Waals surface area contributed by atoms with E-state index < -0.39 is 0 Å². The number of carbonyl (C=O) groups is 2. The van der Waals surface area contributed by atoms with Crippen molar-refractivity contribution in [2.45, 2.75) is 13.3 Å². The van der Waals surface area contributed by atoms with Gasteiger partial charge in [-0.2, -0.15) is 0 Å². The van der Waals surface area contributed by atoms with Crippen LogP contribution in [0.1, 0.15) is 22.2 Å². The van der Waals surface area contributed by atoms with E-state index in [2.05, 4.69) is 4.74 Å². The van der Waals surface area contributed by atoms with Crippen LogP contribution in [0.3, 0.4) is 0 Å². The summed E-state index contributed by atoms with van der Waals surface area (Å²) in [4.78, 5) is 22.6. The first-order chi connectivity index (χ1) is 6.15. The Morgan fingerprint density at radius 1 is 1.54 bits per heavy atom. The molecule has 0 saturated carbocycles. The van der Waals surface area contributed by atoms with Gasteiger partial charge in [0, 0.05) is 0 Å². The van der Waals surface area contributed by atoms with Gasteiger partial charge in [0.15, 0.2) is 5.78 Å². The fourth-order valence-electron chi connectivity index (χ4n) is 1.01. The first-order valence-electron chi connectivity index (χ1n) is 3.79. The summed E-state index contributed by atoms with van der Waals surface area (Å²) in [7, 11) is 1.34. The number of hydrogen-bond donors (Lipinski definition) is 0. The van der Waals surface area contributed by atoms with Gasteiger partial charge in [-0.25, -0.2) is 0 Å². The van der Waals surface area contributed by atoms with Crippen LogP contribution in [0.15, 0.2) is 11.4 Å². The lowest BCUT2D eigenvalue weighted by molar-refractivity contribution is -0.139. The monoisotopic (exact) mass is 198 g/mol. The summed E-state index contributed by atoms with van der Waals surface area (Å²) in [5, 5.41) is 1.80. The van der Waals surface area contributed by atoms with Crippen LogP contribution in [0.4, 0.5) is 0 Å². The van der Waals surface area contributed by atoms with Crippen LogP contribution < -0.4 is 0 Å². The molecule has 1 rings (SSSR count). The minimum Gasteiger partial charge on any atom is -0.469 e. The van der Waals surface area contributed by atoms with Crippen molar-refractivity contribution in [1.82, 2.24) is 0 Å². The number of carbonyl (C=O) groups excluding carboxylic acids is 2. The molecule has 0 fully saturated rings. The summed E-state index contributed by atoms with van der Waals surface area (Å²) in [6.45, 7) is 1.49. The smallest absolute Gasteiger partial charge is 0.310 e. The van der Waals surface area contributed by atoms with Gasteiger partial charge in [-0.05, 0) is 23.9 Å². The summed E-state index contributed by atoms with van der Waals surface area (Å²) >= 11 is 1.35. The number of thiophene rings is 1. The van der Waals surface area contributed by atoms with Gasteiger partial charge in [0.2, 0.25) is 0 Å². The SMILES string of the molecule is COC(=O)Cc1ccsc1C(C)=O. The van der Waals surface area contributed by atoms with Gasteiger partial charge < -0.3 is 4.74 Å². The van der Waals surface area contributed by atoms with E-state index >= 15 is 0 Å². The molecule has 1 aromatic rings. The van der Waals surface area contributed by atoms with E-state index in [0.29, 0.717) is 4.88 Å². The molecule has 0 aliphatic heterocycles. The van der Waals surface area contributed by atoms with Crippen LogP contribution in [0.5, 0.6) is 0 Å². The van der Waals surface area contributed by atoms with Crippen molar-refractivity contribution in [3.8, 4) is 0 Å². The number of methoxy groups -OCH3 is 1. The van der Waals surface area contributed by atoms with Crippen LogP contribution in [0, 0.1) is 0 Å². The van der Waals surface area contributed by atoms with E-state index in [-0.39, 0.29) is 18.2 Å². The van der Waals surface area contributed by atoms with E-state index in [1.54, 1.807) is 11.4 Å². The zero-order chi connectivity index (χ0) is 9.84. The van der Waals surface area contributed by atoms with Crippen LogP contribution in [-0.4, -0.2) is 18.9 Å². The maximum absolute atomic E-state index is 11.1. The van der Waals surface area contributed by atoms with Crippen molar-refractivity contribution in [3.63, 3.8) is 0 Å². The fraction of sp³-hybridized carbons (Fsp3) is 0.333. The van der Waals surface area contributed by atoms with Gasteiger partial charge >= 0.3 is 5.97 Å². The van der Waals surface area contributed by atoms with Gasteiger partial charge in [-0.3, -0.25) is 9.59 Å². The number of hydrogen-bond acceptors (Lipinski definition) is 4. The van der Waals surface area contributed by atoms with Crippen LogP contribution in [-0.2, 0) is 16.0 Å². The Kier molecular flexibility index (Phi) is 3.19. The Morgan fingerprint density at radius 2 is 2.23 bits per heavy atom. The highest BCUT2D eigenvalue weighted by Crippen LogP contribution is 2.18. The molecule has 13 heavy (non-hydrogen) atoms. The predicted octanol–water partition coefficient (Wildman–Crippen LogP) is 1.67. The molecule has 0 aliphatic rings. The Bertz CT molecular complexity index is 327. The second kappa shape index (κ2) is 4.18. The lowest BCUT2D eigenvalue weighted by atomic mass is 10.1. The topological polar surface area (TPSA) is 43.4 Å². The number of ketones is 1. The summed E-state index contributed by atoms with van der Waals surface area (Å²) in [5.41, 5.74) is 0.754. The first-order valence-corrected chi connectivity index (χ1v) is 4.67. The Balaban J connectivity index is 2.82. The number of Topliss-reactive ketones (excluding diaryl/α,β-unsaturated/α-hetero) is 1. The van der Waals surface area contributed by atoms with E-state index in [4.69, 9.17) is 0 Å². The normalized spacial score (nSPS) is 9.69. The second-order valence-electron chi connectivity index (χ2n) is 2.58. The summed E-state index contributed by atoms with van der Waals surface area (Å²) in [5.74, 6) is -0.324. The van der Waals surface area contributed by atoms with Gasteiger partial charge in [-0.1, -0.05) is 0 Å². The van der Waals surface area contributed by atoms with E-state index in [0.717, 1.165) is 5.56 Å². The molecule has 0 N–H and O–H groups in total. The van der Waals surface area contributed by atoms with Gasteiger partial charge in [-0.15, -0.1) is 11.3 Å². The van der Waals surface area contributed by atoms with Crippen molar-refractivity contribution in [3.05, 3.63) is 21.9 Å². The summed E-state index contributed by atoms with van der Waals surface area (Å²) in [6, 6.07) is 1.78. The molecule has 0 spiro atoms. The van der Waals surface area contributed by atoms with Crippen molar-refractivity contribution in [1.29, 1.82) is 0 Å². The van der Waals surface area contributed by atoms with E-state index in [1.807, 2.05) is 0 Å². The number of esters is 1. The molecule has 0 saturated heterocycles. The average Bonchev–Trinajstić information content (AvgIpc) is 2.52. The second-order valence-corrected chi connectivity index (χ2v) is 3.50. The van der Waals surface area contributed by atoms with Crippen molar-refractivity contribution < 1.29 is 14.3 Å². The minimum absolute atomic E-state index is 0.00565. The van der Waals surface area contributed by atoms with E-state index in [1.165, 1.54) is 25.4 Å². The van der Waals surface area contributed by atoms with Crippen molar-refractivity contribution in [2.24, 2.45) is 0 Å². The first kappa shape index (κ1) is 9.92. The Morgan fingerprint density at radius 3 is 2.77 bits per heavy atom. The number of rotatable bonds is 3. The Hall–Kier alpha value is -1.16. The summed E-state index contributed by atoms with van der Waals surface area (Å²) < 4.78 is 4.51. The number of ether oxygens (including phenoxy) is 1. The van der Waals surface area contributed by atoms with Gasteiger partial charge in [0.05, 0.1) is 18.4 Å². The maximum Gasteiger partial charge on any atom is 0.310 e. The molecule has 3 nitrogen and oxygen atoms in total. The highest BCUT2D eigenvalue weighted by Gasteiger charge is 2.12. The quantitative estimate of drug-likeness (QED) is 0.548. The lowest BCUT2D eigenvalue weighted by Crippen LogP contribution is -2.06. The highest BCUT2D eigenvalue weighted by molar-refractivity contribution is 7.12.